The molecule has 5 aromatic heterocycles. The zero-order chi connectivity index (χ0) is 33.6. The Labute approximate surface area is 287 Å². The quantitative estimate of drug-likeness (QED) is 0.141. The molecule has 7 heterocycles. The van der Waals surface area contributed by atoms with Crippen molar-refractivity contribution in [3.63, 3.8) is 0 Å². The van der Waals surface area contributed by atoms with E-state index in [4.69, 9.17) is 21.4 Å². The second kappa shape index (κ2) is 11.9. The molecule has 2 aliphatic heterocycles. The highest BCUT2D eigenvalue weighted by molar-refractivity contribution is 5.99. The molecule has 2 aromatic carbocycles. The van der Waals surface area contributed by atoms with E-state index in [1.165, 1.54) is 0 Å². The lowest BCUT2D eigenvalue weighted by Gasteiger charge is -2.07. The van der Waals surface area contributed by atoms with Crippen LogP contribution in [0.15, 0.2) is 122 Å². The number of nitrogens with zero attached hydrogens (tertiary/aromatic N) is 4. The highest BCUT2D eigenvalue weighted by Gasteiger charge is 2.19. The van der Waals surface area contributed by atoms with E-state index in [0.717, 1.165) is 89.4 Å². The molecule has 0 aliphatic carbocycles. The number of hydrogen-bond donors (Lipinski definition) is 4. The number of rotatable bonds is 4. The molecule has 0 amide bonds. The van der Waals surface area contributed by atoms with Crippen molar-refractivity contribution in [3.05, 3.63) is 145 Å². The van der Waals surface area contributed by atoms with Crippen LogP contribution >= 0.6 is 0 Å². The van der Waals surface area contributed by atoms with Crippen LogP contribution in [0.2, 0.25) is 0 Å². The fraction of sp³-hybridized carbons (Fsp3) is 0. The number of H-pyrrole nitrogens is 2. The molecule has 7 aromatic rings. The number of benzene rings is 2. The number of aromatic nitrogens is 6. The third kappa shape index (κ3) is 5.12. The summed E-state index contributed by atoms with van der Waals surface area (Å²) in [5.74, 6) is 0. The minimum atomic E-state index is 0.696. The largest absolute Gasteiger partial charge is 0.399 e. The van der Waals surface area contributed by atoms with Crippen LogP contribution in [0.4, 0.5) is 11.4 Å². The van der Waals surface area contributed by atoms with Crippen molar-refractivity contribution in [2.45, 2.75) is 0 Å². The number of nitrogen functional groups attached to an aromatic ring is 2. The van der Waals surface area contributed by atoms with Crippen molar-refractivity contribution >= 4 is 57.7 Å². The van der Waals surface area contributed by atoms with E-state index >= 15 is 0 Å². The standard InChI is InChI=1S/C42H30N8/c43-29-5-1-25(2-6-29)39-31-9-10-32(47-31)40(26-3-7-30(44)8-4-26)34-12-14-36(49-34)42(28-19-23-46-24-20-28)38-16-15-37(50-38)41(27-17-21-45-22-18-27)35-13-11-33(39)48-35/h1-24,47,50H,43-44H2. The maximum absolute atomic E-state index is 6.13. The summed E-state index contributed by atoms with van der Waals surface area (Å²) in [6.07, 6.45) is 15.5. The van der Waals surface area contributed by atoms with Crippen LogP contribution in [0.25, 0.3) is 90.9 Å². The van der Waals surface area contributed by atoms with Crippen molar-refractivity contribution in [2.24, 2.45) is 0 Å². The van der Waals surface area contributed by atoms with Gasteiger partial charge in [0, 0.05) is 80.5 Å². The summed E-state index contributed by atoms with van der Waals surface area (Å²) >= 11 is 0. The number of nitrogens with one attached hydrogen (secondary N) is 2. The second-order valence-electron chi connectivity index (χ2n) is 12.2. The van der Waals surface area contributed by atoms with Crippen LogP contribution in [-0.2, 0) is 0 Å². The molecule has 238 valence electrons. The van der Waals surface area contributed by atoms with Crippen LogP contribution in [0, 0.1) is 0 Å². The lowest BCUT2D eigenvalue weighted by Crippen LogP contribution is -1.90. The van der Waals surface area contributed by atoms with Crippen LogP contribution in [-0.4, -0.2) is 29.9 Å². The van der Waals surface area contributed by atoms with Crippen LogP contribution < -0.4 is 11.5 Å². The number of nitrogens with two attached hydrogens (primary N) is 2. The average molecular weight is 647 g/mol. The molecule has 0 saturated heterocycles. The molecule has 8 bridgehead atoms. The maximum Gasteiger partial charge on any atom is 0.0737 e. The maximum atomic E-state index is 6.13. The molecule has 50 heavy (non-hydrogen) atoms. The minimum absolute atomic E-state index is 0.696. The van der Waals surface area contributed by atoms with Gasteiger partial charge in [-0.05, 0) is 119 Å². The first-order valence-electron chi connectivity index (χ1n) is 16.3. The SMILES string of the molecule is Nc1ccc(-c2c3nc(c(-c4ccncc4)c4ccc([nH]4)c(-c4ccncc4)c4nc(c(-c5ccc(N)cc5)c5ccc2[nH]5)C=C4)C=C3)cc1. The first kappa shape index (κ1) is 29.1. The zero-order valence-electron chi connectivity index (χ0n) is 26.8. The number of fused-ring (bicyclic) bond motifs is 8. The first-order chi connectivity index (χ1) is 24.6. The fourth-order valence-corrected chi connectivity index (χ4v) is 6.76. The summed E-state index contributed by atoms with van der Waals surface area (Å²) in [7, 11) is 0. The van der Waals surface area contributed by atoms with E-state index in [1.807, 2.05) is 72.8 Å². The Balaban J connectivity index is 1.48. The molecule has 0 spiro atoms. The Morgan fingerprint density at radius 1 is 0.340 bits per heavy atom. The average Bonchev–Trinajstić information content (AvgIpc) is 3.98. The van der Waals surface area contributed by atoms with Crippen molar-refractivity contribution < 1.29 is 0 Å². The summed E-state index contributed by atoms with van der Waals surface area (Å²) in [5.41, 5.74) is 28.5. The summed E-state index contributed by atoms with van der Waals surface area (Å²) < 4.78 is 0. The highest BCUT2D eigenvalue weighted by Crippen LogP contribution is 2.38. The summed E-state index contributed by atoms with van der Waals surface area (Å²) in [5, 5.41) is 0. The molecule has 0 fully saturated rings. The number of pyridine rings is 2. The van der Waals surface area contributed by atoms with Crippen LogP contribution in [0.5, 0.6) is 0 Å². The smallest absolute Gasteiger partial charge is 0.0737 e. The normalized spacial score (nSPS) is 12.0. The van der Waals surface area contributed by atoms with Crippen molar-refractivity contribution in [3.8, 4) is 44.5 Å². The van der Waals surface area contributed by atoms with Crippen molar-refractivity contribution in [1.82, 2.24) is 29.9 Å². The van der Waals surface area contributed by atoms with Gasteiger partial charge in [0.05, 0.1) is 22.8 Å². The van der Waals surface area contributed by atoms with Gasteiger partial charge in [0.15, 0.2) is 0 Å². The fourth-order valence-electron chi connectivity index (χ4n) is 6.76. The van der Waals surface area contributed by atoms with E-state index in [9.17, 15) is 0 Å². The van der Waals surface area contributed by atoms with Gasteiger partial charge in [-0.1, -0.05) is 24.3 Å². The minimum Gasteiger partial charge on any atom is -0.399 e. The number of aromatic amines is 2. The summed E-state index contributed by atoms with van der Waals surface area (Å²) in [6.45, 7) is 0. The lowest BCUT2D eigenvalue weighted by atomic mass is 10.0. The van der Waals surface area contributed by atoms with Gasteiger partial charge in [0.2, 0.25) is 0 Å². The van der Waals surface area contributed by atoms with Gasteiger partial charge in [-0.25, -0.2) is 9.97 Å². The predicted molar refractivity (Wildman–Crippen MR) is 205 cm³/mol. The van der Waals surface area contributed by atoms with Gasteiger partial charge < -0.3 is 21.4 Å². The molecular weight excluding hydrogens is 617 g/mol. The van der Waals surface area contributed by atoms with E-state index in [0.29, 0.717) is 11.4 Å². The third-order valence-electron chi connectivity index (χ3n) is 9.09. The molecule has 2 aliphatic rings. The predicted octanol–water partition coefficient (Wildman–Crippen LogP) is 9.28. The van der Waals surface area contributed by atoms with Gasteiger partial charge in [0.1, 0.15) is 0 Å². The van der Waals surface area contributed by atoms with E-state index in [1.54, 1.807) is 24.8 Å². The van der Waals surface area contributed by atoms with E-state index < -0.39 is 0 Å². The second-order valence-corrected chi connectivity index (χ2v) is 12.2. The Kier molecular flexibility index (Phi) is 6.91. The van der Waals surface area contributed by atoms with Gasteiger partial charge in [0.25, 0.3) is 0 Å². The van der Waals surface area contributed by atoms with Gasteiger partial charge >= 0.3 is 0 Å². The topological polar surface area (TPSA) is 135 Å². The van der Waals surface area contributed by atoms with Gasteiger partial charge in [-0.2, -0.15) is 0 Å². The summed E-state index contributed by atoms with van der Waals surface area (Å²) in [4.78, 5) is 26.7. The lowest BCUT2D eigenvalue weighted by molar-refractivity contribution is 1.29. The monoisotopic (exact) mass is 646 g/mol. The molecular formula is C42H30N8. The Hall–Kier alpha value is -7.06. The molecule has 0 saturated carbocycles. The number of anilines is 2. The zero-order valence-corrected chi connectivity index (χ0v) is 26.8. The molecule has 0 unspecified atom stereocenters. The van der Waals surface area contributed by atoms with Crippen LogP contribution in [0.1, 0.15) is 22.8 Å². The summed E-state index contributed by atoms with van der Waals surface area (Å²) in [6, 6.07) is 32.3. The Morgan fingerprint density at radius 2 is 0.620 bits per heavy atom. The van der Waals surface area contributed by atoms with E-state index in [-0.39, 0.29) is 0 Å². The van der Waals surface area contributed by atoms with Gasteiger partial charge in [-0.3, -0.25) is 9.97 Å². The van der Waals surface area contributed by atoms with Crippen molar-refractivity contribution in [2.75, 3.05) is 11.5 Å². The molecule has 0 atom stereocenters. The number of hydrogen-bond acceptors (Lipinski definition) is 6. The third-order valence-corrected chi connectivity index (χ3v) is 9.09. The molecule has 8 heteroatoms. The Bertz CT molecular complexity index is 2450. The molecule has 8 nitrogen and oxygen atoms in total. The van der Waals surface area contributed by atoms with Crippen LogP contribution in [0.3, 0.4) is 0 Å². The molecule has 6 N–H and O–H groups in total. The van der Waals surface area contributed by atoms with Crippen molar-refractivity contribution in [1.29, 1.82) is 0 Å². The first-order valence-corrected chi connectivity index (χ1v) is 16.3. The Morgan fingerprint density at radius 3 is 0.920 bits per heavy atom. The highest BCUT2D eigenvalue weighted by atomic mass is 14.8. The van der Waals surface area contributed by atoms with Gasteiger partial charge in [-0.15, -0.1) is 0 Å². The van der Waals surface area contributed by atoms with E-state index in [2.05, 4.69) is 68.5 Å². The molecule has 9 rings (SSSR count). The molecule has 0 radical (unpaired) electrons.